The molecule has 8 nitrogen and oxygen atoms in total. The molecule has 3 aromatic rings. The van der Waals surface area contributed by atoms with Crippen molar-refractivity contribution in [3.8, 4) is 18.1 Å². The van der Waals surface area contributed by atoms with Gasteiger partial charge >= 0.3 is 6.09 Å². The van der Waals surface area contributed by atoms with Crippen molar-refractivity contribution in [3.63, 3.8) is 0 Å². The van der Waals surface area contributed by atoms with Gasteiger partial charge in [0, 0.05) is 24.2 Å². The Labute approximate surface area is 260 Å². The number of benzene rings is 3. The van der Waals surface area contributed by atoms with E-state index in [1.54, 1.807) is 57.2 Å². The molecule has 8 heteroatoms. The first-order chi connectivity index (χ1) is 20.8. The standard InChI is InChI=1S/C36H43N3O5/c1-8-10-22-39(34(42)30(37-35(43)44-36(5,6)7)23-26-18-20-28(40)21-19-26)32(29-17-12-11-16-27(29)9-2)33(41)38-31-24(3)14-13-15-25(31)4/h2,11-21,30,32,40H,8,10,22-23H2,1,3-7H3,(H,37,43)(H,38,41). The quantitative estimate of drug-likeness (QED) is 0.221. The summed E-state index contributed by atoms with van der Waals surface area (Å²) in [5.41, 5.74) is 3.32. The van der Waals surface area contributed by atoms with Crippen LogP contribution in [0.2, 0.25) is 0 Å². The molecule has 3 amide bonds. The monoisotopic (exact) mass is 597 g/mol. The summed E-state index contributed by atoms with van der Waals surface area (Å²) in [6.07, 6.45) is 6.59. The molecule has 0 fully saturated rings. The van der Waals surface area contributed by atoms with Gasteiger partial charge in [-0.1, -0.05) is 67.8 Å². The number of carbonyl (C=O) groups excluding carboxylic acids is 3. The van der Waals surface area contributed by atoms with Crippen LogP contribution in [0.5, 0.6) is 5.75 Å². The number of aryl methyl sites for hydroxylation is 2. The minimum Gasteiger partial charge on any atom is -0.508 e. The lowest BCUT2D eigenvalue weighted by Crippen LogP contribution is -2.53. The Bertz CT molecular complexity index is 1480. The lowest BCUT2D eigenvalue weighted by molar-refractivity contribution is -0.140. The molecule has 2 atom stereocenters. The predicted molar refractivity (Wildman–Crippen MR) is 173 cm³/mol. The zero-order valence-electron chi connectivity index (χ0n) is 26.4. The van der Waals surface area contributed by atoms with Crippen molar-refractivity contribution < 1.29 is 24.2 Å². The number of ether oxygens (including phenoxy) is 1. The molecule has 3 aromatic carbocycles. The van der Waals surface area contributed by atoms with E-state index < -0.39 is 35.6 Å². The van der Waals surface area contributed by atoms with Gasteiger partial charge in [-0.3, -0.25) is 9.59 Å². The Morgan fingerprint density at radius 1 is 0.977 bits per heavy atom. The Balaban J connectivity index is 2.14. The fourth-order valence-corrected chi connectivity index (χ4v) is 4.93. The number of phenols is 1. The minimum absolute atomic E-state index is 0.0791. The Morgan fingerprint density at radius 2 is 1.61 bits per heavy atom. The molecule has 0 spiro atoms. The fourth-order valence-electron chi connectivity index (χ4n) is 4.93. The summed E-state index contributed by atoms with van der Waals surface area (Å²) >= 11 is 0. The number of hydrogen-bond donors (Lipinski definition) is 3. The van der Waals surface area contributed by atoms with Crippen LogP contribution in [0.3, 0.4) is 0 Å². The normalized spacial score (nSPS) is 12.4. The third-order valence-electron chi connectivity index (χ3n) is 7.10. The number of alkyl carbamates (subject to hydrolysis) is 1. The molecule has 0 aromatic heterocycles. The highest BCUT2D eigenvalue weighted by Gasteiger charge is 2.37. The number of hydrogen-bond acceptors (Lipinski definition) is 5. The van der Waals surface area contributed by atoms with Gasteiger partial charge in [0.05, 0.1) is 0 Å². The van der Waals surface area contributed by atoms with E-state index in [9.17, 15) is 19.5 Å². The zero-order chi connectivity index (χ0) is 32.4. The zero-order valence-corrected chi connectivity index (χ0v) is 26.4. The molecule has 44 heavy (non-hydrogen) atoms. The summed E-state index contributed by atoms with van der Waals surface area (Å²) < 4.78 is 5.50. The number of unbranched alkanes of at least 4 members (excludes halogenated alkanes) is 1. The second-order valence-corrected chi connectivity index (χ2v) is 11.8. The maximum atomic E-state index is 14.6. The van der Waals surface area contributed by atoms with Gasteiger partial charge in [-0.25, -0.2) is 4.79 Å². The van der Waals surface area contributed by atoms with Crippen LogP contribution in [0.1, 0.15) is 74.4 Å². The summed E-state index contributed by atoms with van der Waals surface area (Å²) in [7, 11) is 0. The minimum atomic E-state index is -1.09. The van der Waals surface area contributed by atoms with Crippen molar-refractivity contribution in [2.45, 2.75) is 78.5 Å². The van der Waals surface area contributed by atoms with Crippen LogP contribution in [0.15, 0.2) is 66.7 Å². The van der Waals surface area contributed by atoms with Crippen molar-refractivity contribution >= 4 is 23.6 Å². The van der Waals surface area contributed by atoms with Crippen molar-refractivity contribution in [2.75, 3.05) is 11.9 Å². The molecule has 0 aliphatic heterocycles. The maximum absolute atomic E-state index is 14.6. The van der Waals surface area contributed by atoms with Gasteiger partial charge in [0.15, 0.2) is 0 Å². The molecule has 0 radical (unpaired) electrons. The molecule has 0 bridgehead atoms. The lowest BCUT2D eigenvalue weighted by atomic mass is 9.96. The molecular formula is C36H43N3O5. The van der Waals surface area contributed by atoms with Crippen molar-refractivity contribution in [1.29, 1.82) is 0 Å². The summed E-state index contributed by atoms with van der Waals surface area (Å²) in [6, 6.07) is 17.0. The average Bonchev–Trinajstić information content (AvgIpc) is 2.96. The first kappa shape index (κ1) is 33.7. The van der Waals surface area contributed by atoms with Crippen LogP contribution in [-0.2, 0) is 20.7 Å². The number of aromatic hydroxyl groups is 1. The van der Waals surface area contributed by atoms with Gasteiger partial charge in [-0.15, -0.1) is 6.42 Å². The molecule has 3 N–H and O–H groups in total. The summed E-state index contributed by atoms with van der Waals surface area (Å²) in [5, 5.41) is 15.6. The predicted octanol–water partition coefficient (Wildman–Crippen LogP) is 6.43. The molecule has 0 saturated heterocycles. The van der Waals surface area contributed by atoms with Gasteiger partial charge < -0.3 is 25.4 Å². The second-order valence-electron chi connectivity index (χ2n) is 11.8. The van der Waals surface area contributed by atoms with Crippen LogP contribution in [-0.4, -0.2) is 46.1 Å². The highest BCUT2D eigenvalue weighted by atomic mass is 16.6. The van der Waals surface area contributed by atoms with Gasteiger partial charge in [0.2, 0.25) is 5.91 Å². The van der Waals surface area contributed by atoms with Gasteiger partial charge in [0.1, 0.15) is 23.4 Å². The van der Waals surface area contributed by atoms with Crippen molar-refractivity contribution in [1.82, 2.24) is 10.2 Å². The number of para-hydroxylation sites is 1. The first-order valence-electron chi connectivity index (χ1n) is 14.8. The summed E-state index contributed by atoms with van der Waals surface area (Å²) in [4.78, 5) is 43.4. The van der Waals surface area contributed by atoms with Crippen LogP contribution >= 0.6 is 0 Å². The van der Waals surface area contributed by atoms with Crippen molar-refractivity contribution in [3.05, 3.63) is 94.5 Å². The van der Waals surface area contributed by atoms with Gasteiger partial charge in [-0.05, 0) is 81.5 Å². The van der Waals surface area contributed by atoms with E-state index in [1.807, 2.05) is 39.0 Å². The fraction of sp³-hybridized carbons (Fsp3) is 0.361. The topological polar surface area (TPSA) is 108 Å². The number of nitrogens with one attached hydrogen (secondary N) is 2. The van der Waals surface area contributed by atoms with Gasteiger partial charge in [-0.2, -0.15) is 0 Å². The number of amides is 3. The Kier molecular flexibility index (Phi) is 11.6. The second kappa shape index (κ2) is 15.1. The van der Waals surface area contributed by atoms with E-state index in [2.05, 4.69) is 16.6 Å². The Hall–Kier alpha value is -4.77. The van der Waals surface area contributed by atoms with Gasteiger partial charge in [0.25, 0.3) is 5.91 Å². The number of carbonyl (C=O) groups is 3. The number of rotatable bonds is 11. The van der Waals surface area contributed by atoms with E-state index in [0.717, 1.165) is 17.5 Å². The lowest BCUT2D eigenvalue weighted by Gasteiger charge is -2.35. The van der Waals surface area contributed by atoms with E-state index in [4.69, 9.17) is 11.2 Å². The SMILES string of the molecule is C#Cc1ccccc1C(C(=O)Nc1c(C)cccc1C)N(CCCC)C(=O)C(Cc1ccc(O)cc1)NC(=O)OC(C)(C)C. The average molecular weight is 598 g/mol. The summed E-state index contributed by atoms with van der Waals surface area (Å²) in [6.45, 7) is 11.3. The molecule has 0 saturated carbocycles. The molecular weight excluding hydrogens is 554 g/mol. The van der Waals surface area contributed by atoms with Crippen LogP contribution in [0.25, 0.3) is 0 Å². The van der Waals surface area contributed by atoms with Crippen molar-refractivity contribution in [2.24, 2.45) is 0 Å². The molecule has 0 aliphatic carbocycles. The third-order valence-corrected chi connectivity index (χ3v) is 7.10. The molecule has 0 heterocycles. The number of phenolic OH excluding ortho intramolecular Hbond substituents is 1. The Morgan fingerprint density at radius 3 is 2.20 bits per heavy atom. The first-order valence-corrected chi connectivity index (χ1v) is 14.8. The van der Waals surface area contributed by atoms with Crippen LogP contribution in [0.4, 0.5) is 10.5 Å². The molecule has 0 aliphatic rings. The largest absolute Gasteiger partial charge is 0.508 e. The maximum Gasteiger partial charge on any atom is 0.408 e. The number of anilines is 1. The van der Waals surface area contributed by atoms with E-state index in [1.165, 1.54) is 17.0 Å². The third kappa shape index (κ3) is 9.11. The van der Waals surface area contributed by atoms with E-state index in [-0.39, 0.29) is 18.7 Å². The highest BCUT2D eigenvalue weighted by molar-refractivity contribution is 6.00. The number of terminal acetylenes is 1. The molecule has 232 valence electrons. The highest BCUT2D eigenvalue weighted by Crippen LogP contribution is 2.29. The van der Waals surface area contributed by atoms with Crippen LogP contribution in [0, 0.1) is 26.2 Å². The number of nitrogens with zero attached hydrogens (tertiary/aromatic N) is 1. The molecule has 2 unspecified atom stereocenters. The van der Waals surface area contributed by atoms with E-state index in [0.29, 0.717) is 28.8 Å². The van der Waals surface area contributed by atoms with E-state index >= 15 is 0 Å². The smallest absolute Gasteiger partial charge is 0.408 e. The van der Waals surface area contributed by atoms with Crippen LogP contribution < -0.4 is 10.6 Å². The molecule has 3 rings (SSSR count). The summed E-state index contributed by atoms with van der Waals surface area (Å²) in [5.74, 6) is 1.86.